The van der Waals surface area contributed by atoms with Crippen LogP contribution in [0.5, 0.6) is 0 Å². The van der Waals surface area contributed by atoms with Crippen LogP contribution in [0.3, 0.4) is 0 Å². The molecular weight excluding hydrogens is 352 g/mol. The Morgan fingerprint density at radius 3 is 2.64 bits per heavy atom. The molecule has 138 valence electrons. The van der Waals surface area contributed by atoms with E-state index < -0.39 is 28.0 Å². The van der Waals surface area contributed by atoms with E-state index in [2.05, 4.69) is 5.32 Å². The number of ether oxygens (including phenoxy) is 2. The number of carboxylic acids is 1. The van der Waals surface area contributed by atoms with Gasteiger partial charge in [-0.05, 0) is 18.2 Å². The number of aliphatic carboxylic acids is 1. The molecule has 1 heterocycles. The van der Waals surface area contributed by atoms with E-state index in [1.165, 1.54) is 35.7 Å². The van der Waals surface area contributed by atoms with Crippen molar-refractivity contribution in [3.8, 4) is 0 Å². The van der Waals surface area contributed by atoms with Gasteiger partial charge in [0.05, 0.1) is 24.7 Å². The summed E-state index contributed by atoms with van der Waals surface area (Å²) in [7, 11) is -2.49. The maximum Gasteiger partial charge on any atom is 0.334 e. The molecule has 1 atom stereocenters. The number of sulfonamides is 1. The Morgan fingerprint density at radius 2 is 2.04 bits per heavy atom. The molecule has 0 radical (unpaired) electrons. The molecule has 1 aliphatic rings. The average molecular weight is 372 g/mol. The summed E-state index contributed by atoms with van der Waals surface area (Å²) in [6, 6.07) is 5.60. The van der Waals surface area contributed by atoms with Crippen molar-refractivity contribution in [2.24, 2.45) is 0 Å². The zero-order chi connectivity index (χ0) is 18.4. The number of methoxy groups -OCH3 is 1. The number of rotatable bonds is 7. The van der Waals surface area contributed by atoms with E-state index in [0.29, 0.717) is 13.2 Å². The Kier molecular flexibility index (Phi) is 6.48. The third kappa shape index (κ3) is 4.75. The second-order valence-electron chi connectivity index (χ2n) is 5.32. The van der Waals surface area contributed by atoms with Gasteiger partial charge in [-0.25, -0.2) is 13.2 Å². The average Bonchev–Trinajstić information content (AvgIpc) is 2.62. The van der Waals surface area contributed by atoms with Crippen molar-refractivity contribution in [1.82, 2.24) is 9.62 Å². The highest BCUT2D eigenvalue weighted by molar-refractivity contribution is 7.89. The molecule has 0 aliphatic carbocycles. The first kappa shape index (κ1) is 19.3. The molecule has 2 N–H and O–H groups in total. The van der Waals surface area contributed by atoms with Gasteiger partial charge in [0.2, 0.25) is 10.0 Å². The van der Waals surface area contributed by atoms with Crippen LogP contribution < -0.4 is 5.32 Å². The van der Waals surface area contributed by atoms with Crippen molar-refractivity contribution in [2.75, 3.05) is 40.0 Å². The maximum atomic E-state index is 12.6. The number of carbonyl (C=O) groups is 2. The van der Waals surface area contributed by atoms with Gasteiger partial charge in [-0.3, -0.25) is 4.79 Å². The first-order valence-corrected chi connectivity index (χ1v) is 9.02. The summed E-state index contributed by atoms with van der Waals surface area (Å²) >= 11 is 0. The van der Waals surface area contributed by atoms with Crippen molar-refractivity contribution in [3.63, 3.8) is 0 Å². The number of carbonyl (C=O) groups excluding carboxylic acids is 1. The summed E-state index contributed by atoms with van der Waals surface area (Å²) in [6.07, 6.45) is -1.18. The highest BCUT2D eigenvalue weighted by atomic mass is 32.2. The number of carboxylic acid groups (broad SMARTS) is 1. The van der Waals surface area contributed by atoms with Crippen molar-refractivity contribution in [3.05, 3.63) is 29.8 Å². The molecule has 10 heteroatoms. The smallest absolute Gasteiger partial charge is 0.334 e. The first-order valence-electron chi connectivity index (χ1n) is 7.58. The Balaban J connectivity index is 2.12. The van der Waals surface area contributed by atoms with Gasteiger partial charge >= 0.3 is 5.97 Å². The van der Waals surface area contributed by atoms with Crippen molar-refractivity contribution in [2.45, 2.75) is 11.0 Å². The quantitative estimate of drug-likeness (QED) is 0.664. The van der Waals surface area contributed by atoms with Gasteiger partial charge < -0.3 is 19.9 Å². The lowest BCUT2D eigenvalue weighted by Gasteiger charge is -2.26. The Hall–Kier alpha value is -2.01. The van der Waals surface area contributed by atoms with E-state index in [-0.39, 0.29) is 30.1 Å². The molecule has 0 aromatic heterocycles. The predicted molar refractivity (Wildman–Crippen MR) is 86.8 cm³/mol. The minimum Gasteiger partial charge on any atom is -0.479 e. The highest BCUT2D eigenvalue weighted by Gasteiger charge is 2.27. The van der Waals surface area contributed by atoms with E-state index >= 15 is 0 Å². The molecule has 0 spiro atoms. The van der Waals surface area contributed by atoms with Crippen LogP contribution in [0.25, 0.3) is 0 Å². The van der Waals surface area contributed by atoms with E-state index in [0.717, 1.165) is 0 Å². The monoisotopic (exact) mass is 372 g/mol. The lowest BCUT2D eigenvalue weighted by molar-refractivity contribution is -0.148. The molecular formula is C15H20N2O7S. The molecule has 1 aromatic carbocycles. The number of nitrogens with one attached hydrogen (secondary N) is 1. The molecule has 9 nitrogen and oxygen atoms in total. The van der Waals surface area contributed by atoms with Gasteiger partial charge in [0.15, 0.2) is 6.10 Å². The van der Waals surface area contributed by atoms with Crippen LogP contribution >= 0.6 is 0 Å². The number of benzene rings is 1. The lowest BCUT2D eigenvalue weighted by atomic mass is 10.2. The van der Waals surface area contributed by atoms with Crippen molar-refractivity contribution in [1.29, 1.82) is 0 Å². The van der Waals surface area contributed by atoms with E-state index in [1.807, 2.05) is 0 Å². The minimum atomic E-state index is -3.71. The molecule has 1 unspecified atom stereocenters. The molecule has 1 fully saturated rings. The highest BCUT2D eigenvalue weighted by Crippen LogP contribution is 2.18. The predicted octanol–water partition coefficient (Wildman–Crippen LogP) is -0.463. The fourth-order valence-electron chi connectivity index (χ4n) is 2.29. The topological polar surface area (TPSA) is 122 Å². The zero-order valence-corrected chi connectivity index (χ0v) is 14.5. The summed E-state index contributed by atoms with van der Waals surface area (Å²) in [5, 5.41) is 11.3. The van der Waals surface area contributed by atoms with Gasteiger partial charge in [0, 0.05) is 25.8 Å². The van der Waals surface area contributed by atoms with Gasteiger partial charge in [-0.15, -0.1) is 0 Å². The van der Waals surface area contributed by atoms with E-state index in [9.17, 15) is 18.0 Å². The number of hydrogen-bond donors (Lipinski definition) is 2. The molecule has 25 heavy (non-hydrogen) atoms. The first-order chi connectivity index (χ1) is 11.9. The zero-order valence-electron chi connectivity index (χ0n) is 13.7. The van der Waals surface area contributed by atoms with Gasteiger partial charge in [0.25, 0.3) is 5.91 Å². The van der Waals surface area contributed by atoms with Crippen molar-refractivity contribution < 1.29 is 32.6 Å². The van der Waals surface area contributed by atoms with Crippen LogP contribution in [0.1, 0.15) is 10.4 Å². The summed E-state index contributed by atoms with van der Waals surface area (Å²) < 4.78 is 36.4. The molecule has 1 aliphatic heterocycles. The SMILES string of the molecule is COC(CNC(=O)c1cccc(S(=O)(=O)N2CCOCC2)c1)C(=O)O. The second kappa shape index (κ2) is 8.39. The lowest BCUT2D eigenvalue weighted by Crippen LogP contribution is -2.40. The number of morpholine rings is 1. The number of nitrogens with zero attached hydrogens (tertiary/aromatic N) is 1. The number of amides is 1. The summed E-state index contributed by atoms with van der Waals surface area (Å²) in [5.41, 5.74) is 0.120. The third-order valence-electron chi connectivity index (χ3n) is 3.71. The molecule has 0 saturated carbocycles. The molecule has 1 saturated heterocycles. The van der Waals surface area contributed by atoms with Crippen molar-refractivity contribution >= 4 is 21.9 Å². The van der Waals surface area contributed by atoms with Crippen LogP contribution in [0.15, 0.2) is 29.2 Å². The standard InChI is InChI=1S/C15H20N2O7S/c1-23-13(15(19)20)10-16-14(18)11-3-2-4-12(9-11)25(21,22)17-5-7-24-8-6-17/h2-4,9,13H,5-8,10H2,1H3,(H,16,18)(H,19,20). The largest absolute Gasteiger partial charge is 0.479 e. The summed E-state index contributed by atoms with van der Waals surface area (Å²) in [5.74, 6) is -1.78. The molecule has 0 bridgehead atoms. The van der Waals surface area contributed by atoms with Gasteiger partial charge in [-0.1, -0.05) is 6.07 Å². The van der Waals surface area contributed by atoms with Crippen LogP contribution in [-0.4, -0.2) is 75.8 Å². The fraction of sp³-hybridized carbons (Fsp3) is 0.467. The van der Waals surface area contributed by atoms with Crippen LogP contribution in [0.4, 0.5) is 0 Å². The fourth-order valence-corrected chi connectivity index (χ4v) is 3.75. The van der Waals surface area contributed by atoms with Crippen LogP contribution in [0, 0.1) is 0 Å². The second-order valence-corrected chi connectivity index (χ2v) is 7.25. The maximum absolute atomic E-state index is 12.6. The van der Waals surface area contributed by atoms with Crippen LogP contribution in [0.2, 0.25) is 0 Å². The third-order valence-corrected chi connectivity index (χ3v) is 5.61. The van der Waals surface area contributed by atoms with Gasteiger partial charge in [-0.2, -0.15) is 4.31 Å². The van der Waals surface area contributed by atoms with Crippen LogP contribution in [-0.2, 0) is 24.3 Å². The normalized spacial score (nSPS) is 17.0. The Labute approximate surface area is 145 Å². The molecule has 1 aromatic rings. The summed E-state index contributed by atoms with van der Waals surface area (Å²) in [4.78, 5) is 23.0. The number of hydrogen-bond acceptors (Lipinski definition) is 6. The van der Waals surface area contributed by atoms with E-state index in [4.69, 9.17) is 14.6 Å². The Morgan fingerprint density at radius 1 is 1.36 bits per heavy atom. The summed E-state index contributed by atoms with van der Waals surface area (Å²) in [6.45, 7) is 0.935. The molecule has 2 rings (SSSR count). The minimum absolute atomic E-state index is 0.00331. The Bertz CT molecular complexity index is 729. The molecule has 1 amide bonds. The van der Waals surface area contributed by atoms with Gasteiger partial charge in [0.1, 0.15) is 0 Å². The van der Waals surface area contributed by atoms with E-state index in [1.54, 1.807) is 0 Å².